The molecular weight excluding hydrogens is 154 g/mol. The zero-order valence-corrected chi connectivity index (χ0v) is 7.19. The molecule has 1 aliphatic rings. The zero-order valence-electron chi connectivity index (χ0n) is 6.37. The molecule has 4 heteroatoms. The van der Waals surface area contributed by atoms with Crippen LogP contribution in [0.4, 0.5) is 0 Å². The summed E-state index contributed by atoms with van der Waals surface area (Å²) in [7, 11) is 3.73. The molecule has 62 valence electrons. The van der Waals surface area contributed by atoms with Gasteiger partial charge in [-0.3, -0.25) is 4.90 Å². The highest BCUT2D eigenvalue weighted by molar-refractivity contribution is 5.85. The van der Waals surface area contributed by atoms with Gasteiger partial charge in [0.2, 0.25) is 0 Å². The first-order chi connectivity index (χ1) is 4.33. The van der Waals surface area contributed by atoms with E-state index >= 15 is 0 Å². The van der Waals surface area contributed by atoms with Gasteiger partial charge in [-0.15, -0.1) is 12.4 Å². The molecule has 0 aromatic rings. The van der Waals surface area contributed by atoms with Crippen LogP contribution in [0.15, 0.2) is 0 Å². The maximum atomic E-state index is 5.23. The molecule has 0 amide bonds. The number of hydrogen-bond donors (Lipinski definition) is 0. The first kappa shape index (κ1) is 10.2. The van der Waals surface area contributed by atoms with Crippen LogP contribution >= 0.6 is 12.4 Å². The van der Waals surface area contributed by atoms with Gasteiger partial charge in [0.1, 0.15) is 0 Å². The number of likely N-dealkylation sites (N-methyl/N-ethyl adjacent to an activating group) is 1. The molecule has 1 aliphatic heterocycles. The van der Waals surface area contributed by atoms with Crippen LogP contribution in [-0.4, -0.2) is 45.0 Å². The summed E-state index contributed by atoms with van der Waals surface area (Å²) in [6.07, 6.45) is -0.0104. The second-order valence-electron chi connectivity index (χ2n) is 2.30. The minimum atomic E-state index is -0.0104. The maximum Gasteiger partial charge on any atom is 0.169 e. The van der Waals surface area contributed by atoms with Gasteiger partial charge in [0, 0.05) is 20.2 Å². The van der Waals surface area contributed by atoms with E-state index in [2.05, 4.69) is 11.9 Å². The average molecular weight is 168 g/mol. The summed E-state index contributed by atoms with van der Waals surface area (Å²) in [5.74, 6) is 0. The molecule has 10 heavy (non-hydrogen) atoms. The fraction of sp³-hybridized carbons (Fsp3) is 1.00. The average Bonchev–Trinajstić information content (AvgIpc) is 1.88. The molecule has 0 aliphatic carbocycles. The predicted molar refractivity (Wildman–Crippen MR) is 41.5 cm³/mol. The van der Waals surface area contributed by atoms with Crippen LogP contribution in [0.3, 0.4) is 0 Å². The first-order valence-corrected chi connectivity index (χ1v) is 3.16. The van der Waals surface area contributed by atoms with Crippen LogP contribution in [0.5, 0.6) is 0 Å². The molecule has 0 bridgehead atoms. The van der Waals surface area contributed by atoms with Gasteiger partial charge >= 0.3 is 0 Å². The van der Waals surface area contributed by atoms with Crippen molar-refractivity contribution >= 4 is 12.4 Å². The number of hydrogen-bond acceptors (Lipinski definition) is 3. The largest absolute Gasteiger partial charge is 0.355 e. The smallest absolute Gasteiger partial charge is 0.169 e. The van der Waals surface area contributed by atoms with E-state index in [1.165, 1.54) is 0 Å². The van der Waals surface area contributed by atoms with Crippen LogP contribution in [0.2, 0.25) is 0 Å². The van der Waals surface area contributed by atoms with Gasteiger partial charge < -0.3 is 9.47 Å². The number of morpholine rings is 1. The third kappa shape index (κ3) is 2.84. The molecule has 1 atom stereocenters. The Balaban J connectivity index is 0.000000810. The Labute approximate surface area is 67.7 Å². The monoisotopic (exact) mass is 167 g/mol. The first-order valence-electron chi connectivity index (χ1n) is 3.16. The van der Waals surface area contributed by atoms with Crippen LogP contribution < -0.4 is 0 Å². The third-order valence-electron chi connectivity index (χ3n) is 1.50. The molecule has 0 saturated carbocycles. The van der Waals surface area contributed by atoms with E-state index in [0.717, 1.165) is 19.7 Å². The molecule has 1 saturated heterocycles. The molecule has 0 N–H and O–H groups in total. The Morgan fingerprint density at radius 3 is 2.70 bits per heavy atom. The number of rotatable bonds is 1. The predicted octanol–water partition coefficient (Wildman–Crippen LogP) is 0.343. The lowest BCUT2D eigenvalue weighted by molar-refractivity contribution is -0.160. The standard InChI is InChI=1S/C6H13NO2.ClH/c1-7-3-4-9-6(5-7)8-2;/h6H,3-5H2,1-2H3;1H/t6-;/m0./s1. The van der Waals surface area contributed by atoms with E-state index in [4.69, 9.17) is 9.47 Å². The Hall–Kier alpha value is 0.170. The summed E-state index contributed by atoms with van der Waals surface area (Å²) in [5, 5.41) is 0. The quantitative estimate of drug-likeness (QED) is 0.563. The van der Waals surface area contributed by atoms with E-state index < -0.39 is 0 Å². The van der Waals surface area contributed by atoms with Crippen LogP contribution in [-0.2, 0) is 9.47 Å². The molecule has 1 heterocycles. The van der Waals surface area contributed by atoms with E-state index in [1.807, 2.05) is 0 Å². The Morgan fingerprint density at radius 2 is 2.30 bits per heavy atom. The lowest BCUT2D eigenvalue weighted by atomic mass is 10.4. The lowest BCUT2D eigenvalue weighted by Gasteiger charge is -2.28. The Bertz CT molecular complexity index is 91.8. The van der Waals surface area contributed by atoms with Crippen LogP contribution in [0.1, 0.15) is 0 Å². The van der Waals surface area contributed by atoms with Gasteiger partial charge in [0.25, 0.3) is 0 Å². The van der Waals surface area contributed by atoms with Crippen LogP contribution in [0.25, 0.3) is 0 Å². The van der Waals surface area contributed by atoms with Crippen molar-refractivity contribution in [3.63, 3.8) is 0 Å². The van der Waals surface area contributed by atoms with Crippen molar-refractivity contribution in [2.75, 3.05) is 33.9 Å². The second kappa shape index (κ2) is 4.91. The summed E-state index contributed by atoms with van der Waals surface area (Å²) < 4.78 is 10.2. The molecule has 3 nitrogen and oxygen atoms in total. The Kier molecular flexibility index (Phi) is 4.99. The summed E-state index contributed by atoms with van der Waals surface area (Å²) in [6, 6.07) is 0. The molecule has 0 unspecified atom stereocenters. The highest BCUT2D eigenvalue weighted by Gasteiger charge is 2.15. The molecular formula is C6H14ClNO2. The number of ether oxygens (including phenoxy) is 2. The molecule has 1 rings (SSSR count). The summed E-state index contributed by atoms with van der Waals surface area (Å²) in [5.41, 5.74) is 0. The SMILES string of the molecule is CO[C@@H]1CN(C)CCO1.Cl. The summed E-state index contributed by atoms with van der Waals surface area (Å²) in [4.78, 5) is 2.19. The van der Waals surface area contributed by atoms with Crippen molar-refractivity contribution < 1.29 is 9.47 Å². The van der Waals surface area contributed by atoms with Crippen molar-refractivity contribution in [1.29, 1.82) is 0 Å². The molecule has 0 radical (unpaired) electrons. The number of halogens is 1. The minimum Gasteiger partial charge on any atom is -0.355 e. The van der Waals surface area contributed by atoms with Crippen molar-refractivity contribution in [2.24, 2.45) is 0 Å². The lowest BCUT2D eigenvalue weighted by Crippen LogP contribution is -2.40. The Morgan fingerprint density at radius 1 is 1.60 bits per heavy atom. The zero-order chi connectivity index (χ0) is 6.69. The maximum absolute atomic E-state index is 5.23. The third-order valence-corrected chi connectivity index (χ3v) is 1.50. The van der Waals surface area contributed by atoms with Crippen molar-refractivity contribution in [3.8, 4) is 0 Å². The second-order valence-corrected chi connectivity index (χ2v) is 2.30. The van der Waals surface area contributed by atoms with Crippen molar-refractivity contribution in [1.82, 2.24) is 4.90 Å². The van der Waals surface area contributed by atoms with Crippen molar-refractivity contribution in [2.45, 2.75) is 6.29 Å². The van der Waals surface area contributed by atoms with Crippen LogP contribution in [0, 0.1) is 0 Å². The van der Waals surface area contributed by atoms with Gasteiger partial charge in [0.15, 0.2) is 6.29 Å². The van der Waals surface area contributed by atoms with E-state index in [9.17, 15) is 0 Å². The van der Waals surface area contributed by atoms with E-state index in [0.29, 0.717) is 0 Å². The molecule has 0 aromatic carbocycles. The minimum absolute atomic E-state index is 0. The normalized spacial score (nSPS) is 27.6. The van der Waals surface area contributed by atoms with Gasteiger partial charge in [0.05, 0.1) is 6.61 Å². The number of methoxy groups -OCH3 is 1. The van der Waals surface area contributed by atoms with Gasteiger partial charge in [-0.1, -0.05) is 0 Å². The molecule has 0 aromatic heterocycles. The van der Waals surface area contributed by atoms with E-state index in [-0.39, 0.29) is 18.7 Å². The molecule has 0 spiro atoms. The summed E-state index contributed by atoms with van der Waals surface area (Å²) >= 11 is 0. The summed E-state index contributed by atoms with van der Waals surface area (Å²) in [6.45, 7) is 2.69. The highest BCUT2D eigenvalue weighted by atomic mass is 35.5. The molecule has 1 fully saturated rings. The number of nitrogens with zero attached hydrogens (tertiary/aromatic N) is 1. The topological polar surface area (TPSA) is 21.7 Å². The van der Waals surface area contributed by atoms with E-state index in [1.54, 1.807) is 7.11 Å². The van der Waals surface area contributed by atoms with Gasteiger partial charge in [-0.05, 0) is 7.05 Å². The van der Waals surface area contributed by atoms with Gasteiger partial charge in [-0.2, -0.15) is 0 Å². The highest BCUT2D eigenvalue weighted by Crippen LogP contribution is 2.01. The van der Waals surface area contributed by atoms with Crippen molar-refractivity contribution in [3.05, 3.63) is 0 Å². The fourth-order valence-electron chi connectivity index (χ4n) is 0.881. The van der Waals surface area contributed by atoms with Gasteiger partial charge in [-0.25, -0.2) is 0 Å². The fourth-order valence-corrected chi connectivity index (χ4v) is 0.881.